The number of aliphatic hydroxyl groups is 1. The van der Waals surface area contributed by atoms with Crippen molar-refractivity contribution in [2.75, 3.05) is 7.05 Å². The molecule has 0 saturated carbocycles. The lowest BCUT2D eigenvalue weighted by atomic mass is 9.95. The predicted molar refractivity (Wildman–Crippen MR) is 73.4 cm³/mol. The van der Waals surface area contributed by atoms with Crippen molar-refractivity contribution >= 4 is 37.2 Å². The maximum atomic E-state index is 9.80. The van der Waals surface area contributed by atoms with Gasteiger partial charge in [-0.15, -0.1) is 0 Å². The van der Waals surface area contributed by atoms with Gasteiger partial charge in [-0.25, -0.2) is 6.57 Å². The smallest absolute Gasteiger partial charge is 0.324 e. The third kappa shape index (κ3) is 2.51. The van der Waals surface area contributed by atoms with Gasteiger partial charge in [-0.2, -0.15) is 0 Å². The van der Waals surface area contributed by atoms with E-state index in [1.165, 1.54) is 0 Å². The molecule has 0 aliphatic carbocycles. The molecule has 2 aliphatic heterocycles. The zero-order chi connectivity index (χ0) is 10.8. The van der Waals surface area contributed by atoms with Crippen molar-refractivity contribution in [3.8, 4) is 0 Å². The summed E-state index contributed by atoms with van der Waals surface area (Å²) in [6.07, 6.45) is 3.59. The Hall–Kier alpha value is 0.870. The lowest BCUT2D eigenvalue weighted by Gasteiger charge is -2.34. The molecule has 14 heavy (non-hydrogen) atoms. The van der Waals surface area contributed by atoms with Crippen LogP contribution in [0.3, 0.4) is 0 Å². The van der Waals surface area contributed by atoms with Gasteiger partial charge in [0.1, 0.15) is 0 Å². The highest BCUT2D eigenvalue weighted by Gasteiger charge is 2.50. The summed E-state index contributed by atoms with van der Waals surface area (Å²) >= 11 is 4.24. The minimum atomic E-state index is -1.04. The van der Waals surface area contributed by atoms with Crippen LogP contribution in [-0.2, 0) is 0 Å². The highest BCUT2D eigenvalue weighted by molar-refractivity contribution is 15.0. The topological polar surface area (TPSA) is 27.8 Å². The number of piperidine rings is 1. The normalized spacial score (nSPS) is 41.1. The van der Waals surface area contributed by atoms with Gasteiger partial charge in [0, 0.05) is 49.3 Å². The zero-order valence-electron chi connectivity index (χ0n) is 8.08. The molecule has 5 heteroatoms. The summed E-state index contributed by atoms with van der Waals surface area (Å²) in [5, 5.41) is 9.80. The van der Waals surface area contributed by atoms with E-state index in [2.05, 4.69) is 54.0 Å². The first-order valence-corrected chi connectivity index (χ1v) is 10.9. The molecule has 80 valence electrons. The molecule has 0 amide bonds. The standard InChI is InChI=1S/C9H14N2O.I2/c1-10-9(12)5-7-3-4-8(6-9)11(7)2;1-2/h7-8,12H,3-6H2,2H3;. The van der Waals surface area contributed by atoms with E-state index in [0.29, 0.717) is 24.9 Å². The second-order valence-corrected chi connectivity index (χ2v) is 4.05. The summed E-state index contributed by atoms with van der Waals surface area (Å²) in [7, 11) is 2.10. The van der Waals surface area contributed by atoms with E-state index < -0.39 is 5.72 Å². The van der Waals surface area contributed by atoms with Gasteiger partial charge in [0.05, 0.1) is 12.8 Å². The van der Waals surface area contributed by atoms with Gasteiger partial charge in [0.2, 0.25) is 0 Å². The van der Waals surface area contributed by atoms with Crippen LogP contribution < -0.4 is 0 Å². The summed E-state index contributed by atoms with van der Waals surface area (Å²) in [6.45, 7) is 6.92. The van der Waals surface area contributed by atoms with Crippen molar-refractivity contribution in [3.05, 3.63) is 11.4 Å². The van der Waals surface area contributed by atoms with Crippen molar-refractivity contribution < 1.29 is 5.11 Å². The highest BCUT2D eigenvalue weighted by atomic mass is 128. The van der Waals surface area contributed by atoms with E-state index in [9.17, 15) is 5.11 Å². The maximum Gasteiger partial charge on any atom is 0.337 e. The Labute approximate surface area is 108 Å². The first-order valence-electron chi connectivity index (χ1n) is 4.62. The fraction of sp³-hybridized carbons (Fsp3) is 0.889. The Morgan fingerprint density at radius 1 is 1.36 bits per heavy atom. The van der Waals surface area contributed by atoms with Crippen LogP contribution in [0.5, 0.6) is 0 Å². The molecule has 2 rings (SSSR count). The van der Waals surface area contributed by atoms with E-state index in [1.54, 1.807) is 0 Å². The van der Waals surface area contributed by atoms with Gasteiger partial charge in [0.25, 0.3) is 0 Å². The van der Waals surface area contributed by atoms with Gasteiger partial charge >= 0.3 is 5.72 Å². The Kier molecular flexibility index (Phi) is 4.87. The lowest BCUT2D eigenvalue weighted by molar-refractivity contribution is -0.00949. The fourth-order valence-electron chi connectivity index (χ4n) is 2.51. The number of halogens is 2. The van der Waals surface area contributed by atoms with Gasteiger partial charge < -0.3 is 5.11 Å². The molecule has 2 saturated heterocycles. The first kappa shape index (κ1) is 12.9. The number of nitrogens with zero attached hydrogens (tertiary/aromatic N) is 2. The second kappa shape index (κ2) is 5.27. The van der Waals surface area contributed by atoms with Crippen LogP contribution in [0.25, 0.3) is 4.85 Å². The molecule has 2 atom stereocenters. The summed E-state index contributed by atoms with van der Waals surface area (Å²) in [5.41, 5.74) is -1.04. The molecular formula is C9H14I2N2O. The summed E-state index contributed by atoms with van der Waals surface area (Å²) in [5.74, 6) is 0. The van der Waals surface area contributed by atoms with E-state index >= 15 is 0 Å². The molecule has 1 N–H and O–H groups in total. The monoisotopic (exact) mass is 420 g/mol. The molecule has 0 radical (unpaired) electrons. The van der Waals surface area contributed by atoms with Crippen LogP contribution >= 0.6 is 37.2 Å². The Balaban J connectivity index is 0.000000461. The van der Waals surface area contributed by atoms with Gasteiger partial charge in [-0.3, -0.25) is 9.74 Å². The summed E-state index contributed by atoms with van der Waals surface area (Å²) in [4.78, 5) is 5.65. The molecule has 2 unspecified atom stereocenters. The third-order valence-electron chi connectivity index (χ3n) is 3.32. The van der Waals surface area contributed by atoms with Gasteiger partial charge in [-0.1, -0.05) is 0 Å². The Bertz CT molecular complexity index is 227. The minimum Gasteiger partial charge on any atom is -0.324 e. The van der Waals surface area contributed by atoms with Crippen molar-refractivity contribution in [2.24, 2.45) is 0 Å². The zero-order valence-corrected chi connectivity index (χ0v) is 12.4. The van der Waals surface area contributed by atoms with E-state index in [4.69, 9.17) is 6.57 Å². The quantitative estimate of drug-likeness (QED) is 0.483. The number of hydrogen-bond donors (Lipinski definition) is 1. The van der Waals surface area contributed by atoms with Crippen LogP contribution in [0.4, 0.5) is 0 Å². The minimum absolute atomic E-state index is 0.447. The SMILES string of the molecule is II.[C-]#[N+]C1(O)CC2CCC(C1)N2C. The van der Waals surface area contributed by atoms with Crippen LogP contribution in [0, 0.1) is 6.57 Å². The van der Waals surface area contributed by atoms with E-state index in [0.717, 1.165) is 12.8 Å². The predicted octanol–water partition coefficient (Wildman–Crippen LogP) is 2.62. The number of rotatable bonds is 0. The molecule has 2 heterocycles. The number of fused-ring (bicyclic) bond motifs is 2. The third-order valence-corrected chi connectivity index (χ3v) is 3.32. The molecule has 2 bridgehead atoms. The number of hydrogen-bond acceptors (Lipinski definition) is 2. The van der Waals surface area contributed by atoms with Crippen LogP contribution in [0.2, 0.25) is 0 Å². The molecule has 3 nitrogen and oxygen atoms in total. The fourth-order valence-corrected chi connectivity index (χ4v) is 2.51. The largest absolute Gasteiger partial charge is 0.337 e. The Morgan fingerprint density at radius 3 is 2.14 bits per heavy atom. The van der Waals surface area contributed by atoms with Crippen LogP contribution in [0.1, 0.15) is 25.7 Å². The van der Waals surface area contributed by atoms with Crippen LogP contribution in [0.15, 0.2) is 0 Å². The Morgan fingerprint density at radius 2 is 1.79 bits per heavy atom. The molecular weight excluding hydrogens is 406 g/mol. The molecule has 2 fully saturated rings. The van der Waals surface area contributed by atoms with Gasteiger partial charge in [-0.05, 0) is 19.9 Å². The molecule has 0 aromatic heterocycles. The van der Waals surface area contributed by atoms with E-state index in [1.807, 2.05) is 0 Å². The summed E-state index contributed by atoms with van der Waals surface area (Å²) in [6, 6.07) is 0.894. The van der Waals surface area contributed by atoms with Crippen LogP contribution in [-0.4, -0.2) is 34.9 Å². The highest BCUT2D eigenvalue weighted by Crippen LogP contribution is 2.40. The van der Waals surface area contributed by atoms with Crippen molar-refractivity contribution in [2.45, 2.75) is 43.5 Å². The van der Waals surface area contributed by atoms with E-state index in [-0.39, 0.29) is 0 Å². The average molecular weight is 420 g/mol. The van der Waals surface area contributed by atoms with Crippen molar-refractivity contribution in [1.29, 1.82) is 0 Å². The molecule has 2 aliphatic rings. The molecule has 0 aromatic carbocycles. The first-order chi connectivity index (χ1) is 6.64. The maximum absolute atomic E-state index is 9.80. The van der Waals surface area contributed by atoms with Gasteiger partial charge in [0.15, 0.2) is 0 Å². The van der Waals surface area contributed by atoms with Crippen molar-refractivity contribution in [1.82, 2.24) is 4.90 Å². The molecule has 0 aromatic rings. The molecule has 0 spiro atoms. The second-order valence-electron chi connectivity index (χ2n) is 4.05. The summed E-state index contributed by atoms with van der Waals surface area (Å²) < 4.78 is 0. The average Bonchev–Trinajstić information content (AvgIpc) is 2.44. The van der Waals surface area contributed by atoms with Crippen molar-refractivity contribution in [3.63, 3.8) is 0 Å². The lowest BCUT2D eigenvalue weighted by Crippen LogP contribution is -2.47.